The molecule has 3 atom stereocenters. The van der Waals surface area contributed by atoms with E-state index in [0.717, 1.165) is 19.4 Å². The Hall–Kier alpha value is -4.34. The van der Waals surface area contributed by atoms with Crippen LogP contribution in [0, 0.1) is 24.0 Å². The topological polar surface area (TPSA) is 98.9 Å². The zero-order valence-electron chi connectivity index (χ0n) is 24.5. The molecule has 45 heavy (non-hydrogen) atoms. The van der Waals surface area contributed by atoms with Crippen LogP contribution in [0.5, 0.6) is 11.8 Å². The number of halogens is 3. The van der Waals surface area contributed by atoms with Crippen molar-refractivity contribution in [3.05, 3.63) is 41.5 Å². The van der Waals surface area contributed by atoms with Gasteiger partial charge in [-0.05, 0) is 44.0 Å². The summed E-state index contributed by atoms with van der Waals surface area (Å²) < 4.78 is 64.7. The number of hydrogen-bond acceptors (Lipinski definition) is 9. The molecule has 7 heterocycles. The number of fused-ring (bicyclic) bond motifs is 4. The van der Waals surface area contributed by atoms with Gasteiger partial charge in [-0.25, -0.2) is 28.1 Å². The van der Waals surface area contributed by atoms with Gasteiger partial charge in [0.05, 0.1) is 40.3 Å². The number of nitrogens with two attached hydrogens (primary N) is 1. The summed E-state index contributed by atoms with van der Waals surface area (Å²) in [5.41, 5.74) is 6.61. The summed E-state index contributed by atoms with van der Waals surface area (Å²) >= 11 is 0. The van der Waals surface area contributed by atoms with Gasteiger partial charge >= 0.3 is 0 Å². The minimum absolute atomic E-state index is 0.0222. The maximum atomic E-state index is 17.0. The Balaban J connectivity index is 1.33. The van der Waals surface area contributed by atoms with E-state index >= 15 is 4.39 Å². The number of terminal acetylenes is 1. The number of anilines is 2. The van der Waals surface area contributed by atoms with Crippen molar-refractivity contribution >= 4 is 33.3 Å². The van der Waals surface area contributed by atoms with Gasteiger partial charge in [-0.3, -0.25) is 4.90 Å². The van der Waals surface area contributed by atoms with E-state index in [1.54, 1.807) is 6.07 Å². The molecule has 2 N–H and O–H groups in total. The summed E-state index contributed by atoms with van der Waals surface area (Å²) in [6.07, 6.45) is 7.67. The zero-order chi connectivity index (χ0) is 30.9. The number of ether oxygens (including phenoxy) is 3. The van der Waals surface area contributed by atoms with Crippen molar-refractivity contribution < 1.29 is 27.4 Å². The van der Waals surface area contributed by atoms with E-state index in [2.05, 4.69) is 30.7 Å². The molecule has 1 aromatic carbocycles. The number of pyridine rings is 3. The van der Waals surface area contributed by atoms with Gasteiger partial charge in [-0.2, -0.15) is 0 Å². The summed E-state index contributed by atoms with van der Waals surface area (Å²) in [7, 11) is 0. The van der Waals surface area contributed by atoms with Gasteiger partial charge in [0.15, 0.2) is 5.82 Å². The molecule has 0 aliphatic carbocycles. The van der Waals surface area contributed by atoms with Crippen molar-refractivity contribution in [3.8, 4) is 35.4 Å². The van der Waals surface area contributed by atoms with E-state index < -0.39 is 23.3 Å². The standard InChI is InChI=1S/C33H31F3N6O3/c1-2-20-22(35)4-5-23-27(20)21(12-25(37)38-23)30-29(36)31-28-24(42-9-11-43-10-6-19(42)16-44-32(28)40-30)13-26(39-31)45-17-33-7-3-8-41(33)15-18(34)14-33/h1,4-5,12-13,18-19H,3,6-11,14-17H2,(H2,37,38)/t18?,19-,33-/m0/s1. The summed E-state index contributed by atoms with van der Waals surface area (Å²) in [5.74, 6) is 1.44. The minimum Gasteiger partial charge on any atom is -0.476 e. The van der Waals surface area contributed by atoms with Crippen molar-refractivity contribution in [2.45, 2.75) is 43.4 Å². The molecule has 4 aromatic rings. The van der Waals surface area contributed by atoms with E-state index in [4.69, 9.17) is 26.4 Å². The van der Waals surface area contributed by atoms with Gasteiger partial charge in [0.1, 0.15) is 42.2 Å². The SMILES string of the molecule is C#Cc1c(F)ccc2nc(N)cc(-c3nc4c5c(cc(OC[C@@]67CCCN6CC(F)C7)nc5c3F)N3CCOCC[C@H]3CO4)c12. The number of aromatic nitrogens is 3. The Bertz CT molecular complexity index is 1900. The van der Waals surface area contributed by atoms with Crippen LogP contribution in [0.2, 0.25) is 0 Å². The minimum atomic E-state index is -0.910. The summed E-state index contributed by atoms with van der Waals surface area (Å²) in [6.45, 7) is 3.31. The van der Waals surface area contributed by atoms with Crippen LogP contribution in [0.3, 0.4) is 0 Å². The van der Waals surface area contributed by atoms with Crippen LogP contribution in [0.25, 0.3) is 33.1 Å². The molecule has 0 radical (unpaired) electrons. The summed E-state index contributed by atoms with van der Waals surface area (Å²) in [4.78, 5) is 17.9. The van der Waals surface area contributed by atoms with Gasteiger partial charge < -0.3 is 24.8 Å². The maximum absolute atomic E-state index is 17.0. The number of nitrogen functional groups attached to an aromatic ring is 1. The van der Waals surface area contributed by atoms with Crippen molar-refractivity contribution in [2.75, 3.05) is 56.7 Å². The van der Waals surface area contributed by atoms with Crippen molar-refractivity contribution in [3.63, 3.8) is 0 Å². The molecule has 12 heteroatoms. The fourth-order valence-corrected chi connectivity index (χ4v) is 7.58. The molecule has 0 amide bonds. The second kappa shape index (κ2) is 10.6. The quantitative estimate of drug-likeness (QED) is 0.329. The summed E-state index contributed by atoms with van der Waals surface area (Å²) in [6, 6.07) is 5.80. The van der Waals surface area contributed by atoms with E-state index in [1.165, 1.54) is 18.2 Å². The van der Waals surface area contributed by atoms with Crippen molar-refractivity contribution in [2.24, 2.45) is 0 Å². The average molecular weight is 617 g/mol. The molecule has 3 aromatic heterocycles. The number of hydrogen-bond donors (Lipinski definition) is 1. The van der Waals surface area contributed by atoms with Crippen LogP contribution in [0.15, 0.2) is 24.3 Å². The predicted molar refractivity (Wildman–Crippen MR) is 163 cm³/mol. The van der Waals surface area contributed by atoms with Gasteiger partial charge in [0.2, 0.25) is 11.8 Å². The zero-order valence-corrected chi connectivity index (χ0v) is 24.5. The fraction of sp³-hybridized carbons (Fsp3) is 0.424. The van der Waals surface area contributed by atoms with Crippen LogP contribution in [0.4, 0.5) is 24.7 Å². The van der Waals surface area contributed by atoms with Crippen LogP contribution in [-0.2, 0) is 4.74 Å². The third-order valence-electron chi connectivity index (χ3n) is 9.65. The largest absolute Gasteiger partial charge is 0.476 e. The van der Waals surface area contributed by atoms with Crippen molar-refractivity contribution in [1.82, 2.24) is 19.9 Å². The van der Waals surface area contributed by atoms with E-state index in [1.807, 2.05) is 0 Å². The molecule has 3 saturated heterocycles. The molecular weight excluding hydrogens is 585 g/mol. The Kier molecular flexibility index (Phi) is 6.65. The highest BCUT2D eigenvalue weighted by Gasteiger charge is 2.49. The van der Waals surface area contributed by atoms with Crippen LogP contribution in [0.1, 0.15) is 31.2 Å². The van der Waals surface area contributed by atoms with Gasteiger partial charge in [-0.1, -0.05) is 5.92 Å². The lowest BCUT2D eigenvalue weighted by atomic mass is 9.95. The lowest BCUT2D eigenvalue weighted by Gasteiger charge is -2.32. The number of alkyl halides is 1. The first-order valence-corrected chi connectivity index (χ1v) is 15.2. The lowest BCUT2D eigenvalue weighted by Crippen LogP contribution is -2.43. The first-order valence-electron chi connectivity index (χ1n) is 15.2. The monoisotopic (exact) mass is 616 g/mol. The predicted octanol–water partition coefficient (Wildman–Crippen LogP) is 4.63. The molecule has 1 unspecified atom stereocenters. The lowest BCUT2D eigenvalue weighted by molar-refractivity contribution is 0.111. The molecule has 0 saturated carbocycles. The molecule has 0 bridgehead atoms. The number of rotatable bonds is 4. The molecule has 4 aliphatic heterocycles. The van der Waals surface area contributed by atoms with Gasteiger partial charge in [0.25, 0.3) is 0 Å². The number of nitrogens with zero attached hydrogens (tertiary/aromatic N) is 5. The van der Waals surface area contributed by atoms with Gasteiger partial charge in [0, 0.05) is 43.1 Å². The Labute approximate surface area is 257 Å². The first kappa shape index (κ1) is 28.2. The van der Waals surface area contributed by atoms with Crippen molar-refractivity contribution in [1.29, 1.82) is 0 Å². The average Bonchev–Trinajstić information content (AvgIpc) is 3.38. The Morgan fingerprint density at radius 1 is 1.13 bits per heavy atom. The normalized spacial score (nSPS) is 24.5. The second-order valence-corrected chi connectivity index (χ2v) is 12.3. The second-order valence-electron chi connectivity index (χ2n) is 12.3. The van der Waals surface area contributed by atoms with E-state index in [0.29, 0.717) is 55.7 Å². The van der Waals surface area contributed by atoms with E-state index in [-0.39, 0.29) is 64.6 Å². The first-order chi connectivity index (χ1) is 21.8. The van der Waals surface area contributed by atoms with Crippen LogP contribution in [-0.4, -0.2) is 83.7 Å². The summed E-state index contributed by atoms with van der Waals surface area (Å²) in [5, 5.41) is 0.604. The maximum Gasteiger partial charge on any atom is 0.225 e. The third kappa shape index (κ3) is 4.51. The highest BCUT2D eigenvalue weighted by atomic mass is 19.1. The van der Waals surface area contributed by atoms with E-state index in [9.17, 15) is 8.78 Å². The van der Waals surface area contributed by atoms with Gasteiger partial charge in [-0.15, -0.1) is 6.42 Å². The van der Waals surface area contributed by atoms with Crippen LogP contribution < -0.4 is 20.1 Å². The molecule has 8 rings (SSSR count). The molecule has 4 aliphatic rings. The van der Waals surface area contributed by atoms with Crippen LogP contribution >= 0.6 is 0 Å². The fourth-order valence-electron chi connectivity index (χ4n) is 7.58. The molecule has 3 fully saturated rings. The smallest absolute Gasteiger partial charge is 0.225 e. The Morgan fingerprint density at radius 3 is 2.89 bits per heavy atom. The highest BCUT2D eigenvalue weighted by Crippen LogP contribution is 2.45. The molecule has 9 nitrogen and oxygen atoms in total. The third-order valence-corrected chi connectivity index (χ3v) is 9.65. The molecular formula is C33H31F3N6O3. The molecule has 232 valence electrons. The highest BCUT2D eigenvalue weighted by molar-refractivity contribution is 6.03. The molecule has 0 spiro atoms. The Morgan fingerprint density at radius 2 is 2.02 bits per heavy atom. The number of benzene rings is 1.